The van der Waals surface area contributed by atoms with E-state index in [-0.39, 0.29) is 0 Å². The van der Waals surface area contributed by atoms with Gasteiger partial charge in [-0.1, -0.05) is 13.8 Å². The van der Waals surface area contributed by atoms with Crippen LogP contribution in [0.3, 0.4) is 0 Å². The lowest BCUT2D eigenvalue weighted by molar-refractivity contribution is -0.0191. The molecule has 2 atom stereocenters. The highest BCUT2D eigenvalue weighted by Crippen LogP contribution is 2.14. The average Bonchev–Trinajstić information content (AvgIpc) is 2.24. The first-order valence-electron chi connectivity index (χ1n) is 6.75. The van der Waals surface area contributed by atoms with Gasteiger partial charge < -0.3 is 10.5 Å². The first kappa shape index (κ1) is 15.3. The van der Waals surface area contributed by atoms with Crippen LogP contribution in [0.1, 0.15) is 27.2 Å². The Morgan fingerprint density at radius 1 is 1.41 bits per heavy atom. The SMILES string of the molecule is CC(C)CN1CCOC(CSCCC(C)N)C1. The number of rotatable bonds is 7. The quantitative estimate of drug-likeness (QED) is 0.709. The Balaban J connectivity index is 2.12. The monoisotopic (exact) mass is 260 g/mol. The standard InChI is InChI=1S/C13H28N2OS/c1-11(2)8-15-5-6-16-13(9-15)10-17-7-4-12(3)14/h11-13H,4-10,14H2,1-3H3. The third kappa shape index (κ3) is 7.29. The van der Waals surface area contributed by atoms with E-state index in [4.69, 9.17) is 10.5 Å². The topological polar surface area (TPSA) is 38.5 Å². The van der Waals surface area contributed by atoms with E-state index < -0.39 is 0 Å². The van der Waals surface area contributed by atoms with Crippen molar-refractivity contribution < 1.29 is 4.74 Å². The summed E-state index contributed by atoms with van der Waals surface area (Å²) in [5, 5.41) is 0. The summed E-state index contributed by atoms with van der Waals surface area (Å²) in [5.74, 6) is 3.02. The van der Waals surface area contributed by atoms with Gasteiger partial charge in [0.1, 0.15) is 0 Å². The minimum absolute atomic E-state index is 0.326. The second-order valence-corrected chi connectivity index (χ2v) is 6.64. The fraction of sp³-hybridized carbons (Fsp3) is 1.00. The maximum Gasteiger partial charge on any atom is 0.0792 e. The Hall–Kier alpha value is 0.230. The maximum absolute atomic E-state index is 5.80. The summed E-state index contributed by atoms with van der Waals surface area (Å²) in [7, 11) is 0. The summed E-state index contributed by atoms with van der Waals surface area (Å²) < 4.78 is 5.80. The van der Waals surface area contributed by atoms with Crippen molar-refractivity contribution in [1.29, 1.82) is 0 Å². The predicted octanol–water partition coefficient (Wildman–Crippen LogP) is 1.81. The number of thioether (sulfide) groups is 1. The van der Waals surface area contributed by atoms with E-state index in [0.29, 0.717) is 12.1 Å². The van der Waals surface area contributed by atoms with E-state index in [2.05, 4.69) is 25.7 Å². The molecule has 1 saturated heterocycles. The fourth-order valence-electron chi connectivity index (χ4n) is 2.05. The molecule has 102 valence electrons. The molecule has 3 nitrogen and oxygen atoms in total. The Kier molecular flexibility index (Phi) is 7.51. The molecular weight excluding hydrogens is 232 g/mol. The summed E-state index contributed by atoms with van der Waals surface area (Å²) in [4.78, 5) is 2.53. The summed E-state index contributed by atoms with van der Waals surface area (Å²) in [6, 6.07) is 0.326. The molecule has 1 fully saturated rings. The molecule has 0 spiro atoms. The lowest BCUT2D eigenvalue weighted by Crippen LogP contribution is -2.44. The van der Waals surface area contributed by atoms with Crippen LogP contribution < -0.4 is 5.73 Å². The minimum atomic E-state index is 0.326. The Morgan fingerprint density at radius 3 is 2.82 bits per heavy atom. The molecule has 1 aliphatic rings. The number of morpholine rings is 1. The van der Waals surface area contributed by atoms with Crippen molar-refractivity contribution in [3.05, 3.63) is 0 Å². The first-order chi connectivity index (χ1) is 8.08. The Morgan fingerprint density at radius 2 is 2.18 bits per heavy atom. The van der Waals surface area contributed by atoms with Crippen molar-refractivity contribution in [3.8, 4) is 0 Å². The van der Waals surface area contributed by atoms with Gasteiger partial charge in [0.25, 0.3) is 0 Å². The molecule has 0 aromatic carbocycles. The first-order valence-corrected chi connectivity index (χ1v) is 7.90. The highest BCUT2D eigenvalue weighted by Gasteiger charge is 2.20. The minimum Gasteiger partial charge on any atom is -0.375 e. The molecular formula is C13H28N2OS. The van der Waals surface area contributed by atoms with E-state index in [0.717, 1.165) is 43.5 Å². The van der Waals surface area contributed by atoms with Gasteiger partial charge in [-0.25, -0.2) is 0 Å². The third-order valence-corrected chi connectivity index (χ3v) is 4.00. The van der Waals surface area contributed by atoms with Gasteiger partial charge in [0.05, 0.1) is 12.7 Å². The van der Waals surface area contributed by atoms with Crippen LogP contribution in [0.5, 0.6) is 0 Å². The van der Waals surface area contributed by atoms with Gasteiger partial charge in [-0.05, 0) is 25.0 Å². The van der Waals surface area contributed by atoms with Gasteiger partial charge in [0.15, 0.2) is 0 Å². The van der Waals surface area contributed by atoms with Crippen LogP contribution in [-0.4, -0.2) is 54.8 Å². The smallest absolute Gasteiger partial charge is 0.0792 e. The zero-order valence-electron chi connectivity index (χ0n) is 11.5. The van der Waals surface area contributed by atoms with Crippen LogP contribution in [-0.2, 0) is 4.74 Å². The molecule has 0 bridgehead atoms. The number of nitrogens with two attached hydrogens (primary N) is 1. The van der Waals surface area contributed by atoms with Gasteiger partial charge in [0.2, 0.25) is 0 Å². The molecule has 17 heavy (non-hydrogen) atoms. The van der Waals surface area contributed by atoms with Gasteiger partial charge in [-0.3, -0.25) is 4.90 Å². The van der Waals surface area contributed by atoms with E-state index in [9.17, 15) is 0 Å². The van der Waals surface area contributed by atoms with Crippen LogP contribution in [0, 0.1) is 5.92 Å². The molecule has 2 N–H and O–H groups in total. The van der Waals surface area contributed by atoms with Crippen LogP contribution in [0.25, 0.3) is 0 Å². The number of ether oxygens (including phenoxy) is 1. The normalized spacial score (nSPS) is 24.2. The highest BCUT2D eigenvalue weighted by atomic mass is 32.2. The lowest BCUT2D eigenvalue weighted by Gasteiger charge is -2.33. The molecule has 0 radical (unpaired) electrons. The zero-order chi connectivity index (χ0) is 12.7. The summed E-state index contributed by atoms with van der Waals surface area (Å²) in [6.07, 6.45) is 1.52. The maximum atomic E-state index is 5.80. The average molecular weight is 260 g/mol. The second kappa shape index (κ2) is 8.35. The fourth-order valence-corrected chi connectivity index (χ4v) is 3.22. The molecule has 1 rings (SSSR count). The van der Waals surface area contributed by atoms with Crippen LogP contribution >= 0.6 is 11.8 Å². The molecule has 4 heteroatoms. The Bertz CT molecular complexity index is 200. The molecule has 1 aliphatic heterocycles. The van der Waals surface area contributed by atoms with Gasteiger partial charge >= 0.3 is 0 Å². The third-order valence-electron chi connectivity index (χ3n) is 2.87. The van der Waals surface area contributed by atoms with E-state index in [1.54, 1.807) is 0 Å². The van der Waals surface area contributed by atoms with Crippen LogP contribution in [0.15, 0.2) is 0 Å². The van der Waals surface area contributed by atoms with E-state index >= 15 is 0 Å². The predicted molar refractivity (Wildman–Crippen MR) is 76.6 cm³/mol. The lowest BCUT2D eigenvalue weighted by atomic mass is 10.2. The molecule has 0 aromatic heterocycles. The van der Waals surface area contributed by atoms with Crippen molar-refractivity contribution in [1.82, 2.24) is 4.90 Å². The van der Waals surface area contributed by atoms with Crippen molar-refractivity contribution >= 4 is 11.8 Å². The summed E-state index contributed by atoms with van der Waals surface area (Å²) >= 11 is 1.98. The highest BCUT2D eigenvalue weighted by molar-refractivity contribution is 7.99. The largest absolute Gasteiger partial charge is 0.375 e. The number of hydrogen-bond acceptors (Lipinski definition) is 4. The van der Waals surface area contributed by atoms with Crippen LogP contribution in [0.2, 0.25) is 0 Å². The number of hydrogen-bond donors (Lipinski definition) is 1. The van der Waals surface area contributed by atoms with Crippen molar-refractivity contribution in [2.75, 3.05) is 37.7 Å². The van der Waals surface area contributed by atoms with Crippen LogP contribution in [0.4, 0.5) is 0 Å². The summed E-state index contributed by atoms with van der Waals surface area (Å²) in [5.41, 5.74) is 5.74. The molecule has 0 aliphatic carbocycles. The Labute approximate surface area is 110 Å². The van der Waals surface area contributed by atoms with Crippen molar-refractivity contribution in [3.63, 3.8) is 0 Å². The molecule has 0 saturated carbocycles. The molecule has 0 amide bonds. The molecule has 1 heterocycles. The van der Waals surface area contributed by atoms with Gasteiger partial charge in [0, 0.05) is 31.4 Å². The second-order valence-electron chi connectivity index (χ2n) is 5.49. The van der Waals surface area contributed by atoms with E-state index in [1.807, 2.05) is 11.8 Å². The zero-order valence-corrected chi connectivity index (χ0v) is 12.3. The summed E-state index contributed by atoms with van der Waals surface area (Å²) in [6.45, 7) is 10.9. The molecule has 0 aromatic rings. The molecule has 2 unspecified atom stereocenters. The van der Waals surface area contributed by atoms with Crippen molar-refractivity contribution in [2.24, 2.45) is 11.7 Å². The van der Waals surface area contributed by atoms with Gasteiger partial charge in [-0.2, -0.15) is 11.8 Å². The van der Waals surface area contributed by atoms with Gasteiger partial charge in [-0.15, -0.1) is 0 Å². The van der Waals surface area contributed by atoms with E-state index in [1.165, 1.54) is 6.54 Å². The number of nitrogens with zero attached hydrogens (tertiary/aromatic N) is 1. The van der Waals surface area contributed by atoms with Crippen molar-refractivity contribution in [2.45, 2.75) is 39.3 Å².